The predicted octanol–water partition coefficient (Wildman–Crippen LogP) is 3.67. The summed E-state index contributed by atoms with van der Waals surface area (Å²) in [4.78, 5) is 13.2. The standard InChI is InChI=1S/C13H16Cl2FNO3S/c1-4-5-17(8(2)3)13(18)9-6-12(21(15,19)20)11(16)7-10(9)14/h6-8H,4-5H2,1-3H3. The highest BCUT2D eigenvalue weighted by atomic mass is 35.7. The Hall–Kier alpha value is -0.850. The first-order chi connectivity index (χ1) is 9.59. The number of benzene rings is 1. The smallest absolute Gasteiger partial charge is 0.264 e. The third-order valence-electron chi connectivity index (χ3n) is 2.86. The highest BCUT2D eigenvalue weighted by molar-refractivity contribution is 8.13. The minimum absolute atomic E-state index is 0.0839. The van der Waals surface area contributed by atoms with Gasteiger partial charge in [-0.25, -0.2) is 12.8 Å². The molecule has 1 amide bonds. The fourth-order valence-corrected chi connectivity index (χ4v) is 3.01. The summed E-state index contributed by atoms with van der Waals surface area (Å²) in [7, 11) is 0.864. The van der Waals surface area contributed by atoms with Gasteiger partial charge in [-0.3, -0.25) is 4.79 Å². The molecule has 0 aromatic heterocycles. The summed E-state index contributed by atoms with van der Waals surface area (Å²) in [6, 6.07) is 1.57. The summed E-state index contributed by atoms with van der Waals surface area (Å²) in [5.41, 5.74) is -0.0839. The second-order valence-electron chi connectivity index (χ2n) is 4.79. The van der Waals surface area contributed by atoms with Gasteiger partial charge in [0.05, 0.1) is 10.6 Å². The maximum absolute atomic E-state index is 13.6. The fourth-order valence-electron chi connectivity index (χ4n) is 1.87. The topological polar surface area (TPSA) is 54.5 Å². The van der Waals surface area contributed by atoms with Crippen molar-refractivity contribution < 1.29 is 17.6 Å². The summed E-state index contributed by atoms with van der Waals surface area (Å²) in [5, 5.41) is -0.150. The molecule has 4 nitrogen and oxygen atoms in total. The largest absolute Gasteiger partial charge is 0.336 e. The van der Waals surface area contributed by atoms with Crippen LogP contribution in [0.1, 0.15) is 37.6 Å². The van der Waals surface area contributed by atoms with Gasteiger partial charge in [0.15, 0.2) is 0 Å². The SMILES string of the molecule is CCCN(C(=O)c1cc(S(=O)(=O)Cl)c(F)cc1Cl)C(C)C. The molecule has 0 aliphatic heterocycles. The van der Waals surface area contributed by atoms with Crippen LogP contribution < -0.4 is 0 Å². The van der Waals surface area contributed by atoms with Crippen LogP contribution in [0.5, 0.6) is 0 Å². The highest BCUT2D eigenvalue weighted by Crippen LogP contribution is 2.27. The Labute approximate surface area is 133 Å². The Bertz CT molecular complexity index is 647. The molecule has 0 spiro atoms. The van der Waals surface area contributed by atoms with Gasteiger partial charge in [0.1, 0.15) is 10.7 Å². The Morgan fingerprint density at radius 2 is 1.95 bits per heavy atom. The van der Waals surface area contributed by atoms with Crippen LogP contribution in [0.4, 0.5) is 4.39 Å². The van der Waals surface area contributed by atoms with Crippen molar-refractivity contribution in [1.29, 1.82) is 0 Å². The van der Waals surface area contributed by atoms with E-state index in [0.29, 0.717) is 6.54 Å². The number of rotatable bonds is 5. The molecule has 0 heterocycles. The van der Waals surface area contributed by atoms with E-state index < -0.39 is 25.7 Å². The molecule has 1 rings (SSSR count). The number of carbonyl (C=O) groups excluding carboxylic acids is 1. The lowest BCUT2D eigenvalue weighted by molar-refractivity contribution is 0.0706. The Morgan fingerprint density at radius 3 is 2.38 bits per heavy atom. The molecular formula is C13H16Cl2FNO3S. The first-order valence-corrected chi connectivity index (χ1v) is 9.03. The monoisotopic (exact) mass is 355 g/mol. The molecule has 0 atom stereocenters. The normalized spacial score (nSPS) is 11.8. The molecule has 1 aromatic rings. The average molecular weight is 356 g/mol. The zero-order valence-electron chi connectivity index (χ0n) is 11.9. The van der Waals surface area contributed by atoms with Crippen LogP contribution in [-0.4, -0.2) is 31.8 Å². The van der Waals surface area contributed by atoms with E-state index in [0.717, 1.165) is 18.6 Å². The molecule has 0 saturated heterocycles. The van der Waals surface area contributed by atoms with E-state index in [1.807, 2.05) is 20.8 Å². The van der Waals surface area contributed by atoms with E-state index in [4.69, 9.17) is 22.3 Å². The summed E-state index contributed by atoms with van der Waals surface area (Å²) in [6.45, 7) is 6.03. The number of halogens is 3. The molecule has 0 bridgehead atoms. The predicted molar refractivity (Wildman–Crippen MR) is 80.9 cm³/mol. The molecule has 118 valence electrons. The van der Waals surface area contributed by atoms with Crippen LogP contribution in [0, 0.1) is 5.82 Å². The van der Waals surface area contributed by atoms with Crippen molar-refractivity contribution >= 4 is 37.2 Å². The summed E-state index contributed by atoms with van der Waals surface area (Å²) in [5.74, 6) is -1.54. The zero-order chi connectivity index (χ0) is 16.4. The maximum Gasteiger partial charge on any atom is 0.264 e. The molecule has 0 radical (unpaired) electrons. The third-order valence-corrected chi connectivity index (χ3v) is 4.51. The van der Waals surface area contributed by atoms with E-state index in [-0.39, 0.29) is 16.6 Å². The van der Waals surface area contributed by atoms with E-state index in [2.05, 4.69) is 0 Å². The van der Waals surface area contributed by atoms with Gasteiger partial charge in [-0.2, -0.15) is 0 Å². The minimum Gasteiger partial charge on any atom is -0.336 e. The molecule has 0 aliphatic carbocycles. The number of hydrogen-bond donors (Lipinski definition) is 0. The van der Waals surface area contributed by atoms with Crippen LogP contribution in [0.3, 0.4) is 0 Å². The van der Waals surface area contributed by atoms with Crippen LogP contribution >= 0.6 is 22.3 Å². The molecule has 21 heavy (non-hydrogen) atoms. The Balaban J connectivity index is 3.39. The third kappa shape index (κ3) is 4.31. The lowest BCUT2D eigenvalue weighted by atomic mass is 10.1. The van der Waals surface area contributed by atoms with Crippen LogP contribution in [0.15, 0.2) is 17.0 Å². The molecule has 0 aliphatic rings. The summed E-state index contributed by atoms with van der Waals surface area (Å²) in [6.07, 6.45) is 0.726. The van der Waals surface area contributed by atoms with Crippen molar-refractivity contribution in [3.05, 3.63) is 28.5 Å². The second-order valence-corrected chi connectivity index (χ2v) is 7.73. The number of carbonyl (C=O) groups is 1. The van der Waals surface area contributed by atoms with Gasteiger partial charge in [-0.1, -0.05) is 18.5 Å². The maximum atomic E-state index is 13.6. The zero-order valence-corrected chi connectivity index (χ0v) is 14.2. The Morgan fingerprint density at radius 1 is 1.38 bits per heavy atom. The van der Waals surface area contributed by atoms with E-state index >= 15 is 0 Å². The average Bonchev–Trinajstić information content (AvgIpc) is 2.33. The Kier molecular flexibility index (Phi) is 6.01. The fraction of sp³-hybridized carbons (Fsp3) is 0.462. The van der Waals surface area contributed by atoms with Crippen molar-refractivity contribution in [1.82, 2.24) is 4.90 Å². The van der Waals surface area contributed by atoms with E-state index in [1.54, 1.807) is 0 Å². The lowest BCUT2D eigenvalue weighted by Gasteiger charge is -2.27. The molecule has 1 aromatic carbocycles. The molecule has 0 fully saturated rings. The van der Waals surface area contributed by atoms with Crippen molar-refractivity contribution in [3.63, 3.8) is 0 Å². The highest BCUT2D eigenvalue weighted by Gasteiger charge is 2.25. The lowest BCUT2D eigenvalue weighted by Crippen LogP contribution is -2.37. The van der Waals surface area contributed by atoms with Crippen molar-refractivity contribution in [2.24, 2.45) is 0 Å². The van der Waals surface area contributed by atoms with E-state index in [9.17, 15) is 17.6 Å². The molecule has 0 unspecified atom stereocenters. The summed E-state index contributed by atoms with van der Waals surface area (Å²) < 4.78 is 36.3. The molecular weight excluding hydrogens is 340 g/mol. The summed E-state index contributed by atoms with van der Waals surface area (Å²) >= 11 is 5.87. The molecule has 8 heteroatoms. The minimum atomic E-state index is -4.30. The van der Waals surface area contributed by atoms with Gasteiger partial charge in [0.2, 0.25) is 0 Å². The number of nitrogens with zero attached hydrogens (tertiary/aromatic N) is 1. The number of hydrogen-bond acceptors (Lipinski definition) is 3. The molecule has 0 N–H and O–H groups in total. The van der Waals surface area contributed by atoms with Gasteiger partial charge >= 0.3 is 0 Å². The first-order valence-electron chi connectivity index (χ1n) is 6.34. The van der Waals surface area contributed by atoms with Crippen molar-refractivity contribution in [2.45, 2.75) is 38.1 Å². The van der Waals surface area contributed by atoms with Gasteiger partial charge in [-0.15, -0.1) is 0 Å². The quantitative estimate of drug-likeness (QED) is 0.757. The van der Waals surface area contributed by atoms with Crippen LogP contribution in [0.25, 0.3) is 0 Å². The van der Waals surface area contributed by atoms with Crippen molar-refractivity contribution in [3.8, 4) is 0 Å². The number of amides is 1. The first kappa shape index (κ1) is 18.2. The van der Waals surface area contributed by atoms with Gasteiger partial charge < -0.3 is 4.90 Å². The van der Waals surface area contributed by atoms with E-state index in [1.165, 1.54) is 4.90 Å². The van der Waals surface area contributed by atoms with Gasteiger partial charge in [0, 0.05) is 23.3 Å². The van der Waals surface area contributed by atoms with Crippen LogP contribution in [0.2, 0.25) is 5.02 Å². The molecule has 0 saturated carbocycles. The second kappa shape index (κ2) is 6.94. The van der Waals surface area contributed by atoms with Crippen LogP contribution in [-0.2, 0) is 9.05 Å². The van der Waals surface area contributed by atoms with Gasteiger partial charge in [0.25, 0.3) is 15.0 Å². The van der Waals surface area contributed by atoms with Crippen molar-refractivity contribution in [2.75, 3.05) is 6.54 Å². The van der Waals surface area contributed by atoms with Gasteiger partial charge in [-0.05, 0) is 32.4 Å².